The number of nitrogens with zero attached hydrogens (tertiary/aromatic N) is 5. The number of amides is 1. The molecule has 0 radical (unpaired) electrons. The Morgan fingerprint density at radius 2 is 1.90 bits per heavy atom. The first-order valence-corrected chi connectivity index (χ1v) is 10.9. The van der Waals surface area contributed by atoms with Gasteiger partial charge < -0.3 is 19.0 Å². The first-order valence-electron chi connectivity index (χ1n) is 9.96. The molecule has 1 aromatic carbocycles. The van der Waals surface area contributed by atoms with E-state index in [1.807, 2.05) is 45.9 Å². The maximum atomic E-state index is 12.7. The zero-order chi connectivity index (χ0) is 20.9. The zero-order valence-electron chi connectivity index (χ0n) is 17.2. The minimum Gasteiger partial charge on any atom is -0.497 e. The fraction of sp³-hybridized carbons (Fsp3) is 0.381. The highest BCUT2D eigenvalue weighted by molar-refractivity contribution is 7.99. The summed E-state index contributed by atoms with van der Waals surface area (Å²) >= 11 is 1.39. The maximum Gasteiger partial charge on any atom is 0.233 e. The van der Waals surface area contributed by atoms with Crippen LogP contribution in [0.1, 0.15) is 6.92 Å². The van der Waals surface area contributed by atoms with Crippen molar-refractivity contribution in [3.8, 4) is 23.0 Å². The number of carbonyl (C=O) groups is 1. The fourth-order valence-electron chi connectivity index (χ4n) is 3.42. The lowest BCUT2D eigenvalue weighted by Crippen LogP contribution is -2.49. The Balaban J connectivity index is 1.53. The largest absolute Gasteiger partial charge is 0.497 e. The van der Waals surface area contributed by atoms with Crippen LogP contribution < -0.4 is 4.74 Å². The third kappa shape index (κ3) is 4.36. The molecule has 1 saturated heterocycles. The summed E-state index contributed by atoms with van der Waals surface area (Å²) < 4.78 is 12.7. The van der Waals surface area contributed by atoms with Crippen LogP contribution in [0, 0.1) is 0 Å². The highest BCUT2D eigenvalue weighted by atomic mass is 32.2. The number of thioether (sulfide) groups is 1. The summed E-state index contributed by atoms with van der Waals surface area (Å²) in [5.41, 5.74) is 0.874. The Kier molecular flexibility index (Phi) is 6.39. The van der Waals surface area contributed by atoms with Gasteiger partial charge in [0.15, 0.2) is 10.9 Å². The van der Waals surface area contributed by atoms with Crippen LogP contribution >= 0.6 is 11.8 Å². The minimum atomic E-state index is 0.125. The number of likely N-dealkylation sites (N-methyl/N-ethyl adjacent to an activating group) is 1. The first kappa shape index (κ1) is 20.5. The third-order valence-electron chi connectivity index (χ3n) is 5.20. The van der Waals surface area contributed by atoms with Gasteiger partial charge in [0.1, 0.15) is 5.75 Å². The molecule has 0 spiro atoms. The van der Waals surface area contributed by atoms with Crippen molar-refractivity contribution in [1.29, 1.82) is 0 Å². The molecule has 30 heavy (non-hydrogen) atoms. The number of furan rings is 1. The van der Waals surface area contributed by atoms with Gasteiger partial charge in [-0.15, -0.1) is 10.2 Å². The minimum absolute atomic E-state index is 0.125. The SMILES string of the molecule is CCN1CCN(C(=O)CSc2nnc(-c3ccco3)n2-c2ccc(OC)cc2)CC1. The van der Waals surface area contributed by atoms with Gasteiger partial charge in [0.2, 0.25) is 11.7 Å². The molecule has 0 saturated carbocycles. The standard InChI is InChI=1S/C21H25N5O3S/c1-3-24-10-12-25(13-11-24)19(27)15-30-21-23-22-20(18-5-4-14-29-18)26(21)16-6-8-17(28-2)9-7-16/h4-9,14H,3,10-13,15H2,1-2H3. The molecule has 8 nitrogen and oxygen atoms in total. The molecular weight excluding hydrogens is 402 g/mol. The monoisotopic (exact) mass is 427 g/mol. The van der Waals surface area contributed by atoms with E-state index in [1.165, 1.54) is 11.8 Å². The van der Waals surface area contributed by atoms with Crippen molar-refractivity contribution in [2.24, 2.45) is 0 Å². The van der Waals surface area contributed by atoms with Crippen LogP contribution in [-0.2, 0) is 4.79 Å². The van der Waals surface area contributed by atoms with Crippen LogP contribution in [0.5, 0.6) is 5.75 Å². The van der Waals surface area contributed by atoms with E-state index >= 15 is 0 Å². The number of methoxy groups -OCH3 is 1. The molecule has 0 atom stereocenters. The summed E-state index contributed by atoms with van der Waals surface area (Å²) in [5.74, 6) is 2.42. The smallest absolute Gasteiger partial charge is 0.233 e. The molecule has 3 heterocycles. The second-order valence-corrected chi connectivity index (χ2v) is 7.86. The van der Waals surface area contributed by atoms with E-state index in [2.05, 4.69) is 22.0 Å². The average molecular weight is 428 g/mol. The van der Waals surface area contributed by atoms with Crippen LogP contribution in [0.15, 0.2) is 52.2 Å². The van der Waals surface area contributed by atoms with Crippen molar-refractivity contribution >= 4 is 17.7 Å². The molecule has 3 aromatic rings. The van der Waals surface area contributed by atoms with E-state index in [1.54, 1.807) is 13.4 Å². The molecule has 1 amide bonds. The maximum absolute atomic E-state index is 12.7. The van der Waals surface area contributed by atoms with Gasteiger partial charge in [-0.3, -0.25) is 9.36 Å². The molecule has 1 aliphatic heterocycles. The van der Waals surface area contributed by atoms with E-state index < -0.39 is 0 Å². The lowest BCUT2D eigenvalue weighted by atomic mass is 10.3. The predicted molar refractivity (Wildman–Crippen MR) is 115 cm³/mol. The number of ether oxygens (including phenoxy) is 1. The number of benzene rings is 1. The Morgan fingerprint density at radius 3 is 2.53 bits per heavy atom. The number of rotatable bonds is 7. The van der Waals surface area contributed by atoms with Crippen LogP contribution in [0.25, 0.3) is 17.3 Å². The summed E-state index contributed by atoms with van der Waals surface area (Å²) in [6.45, 7) is 6.58. The topological polar surface area (TPSA) is 76.6 Å². The number of carbonyl (C=O) groups excluding carboxylic acids is 1. The molecule has 1 fully saturated rings. The second-order valence-electron chi connectivity index (χ2n) is 6.92. The van der Waals surface area contributed by atoms with Crippen molar-refractivity contribution in [1.82, 2.24) is 24.6 Å². The number of hydrogen-bond acceptors (Lipinski definition) is 7. The van der Waals surface area contributed by atoms with Crippen LogP contribution in [0.2, 0.25) is 0 Å². The molecule has 0 aliphatic carbocycles. The van der Waals surface area contributed by atoms with Crippen molar-refractivity contribution < 1.29 is 13.9 Å². The summed E-state index contributed by atoms with van der Waals surface area (Å²) in [7, 11) is 1.63. The summed E-state index contributed by atoms with van der Waals surface area (Å²) in [5, 5.41) is 9.31. The average Bonchev–Trinajstić information content (AvgIpc) is 3.47. The summed E-state index contributed by atoms with van der Waals surface area (Å²) in [4.78, 5) is 17.0. The second kappa shape index (κ2) is 9.36. The molecule has 1 aliphatic rings. The molecule has 0 N–H and O–H groups in total. The first-order chi connectivity index (χ1) is 14.7. The van der Waals surface area contributed by atoms with Gasteiger partial charge in [0, 0.05) is 26.2 Å². The van der Waals surface area contributed by atoms with Crippen molar-refractivity contribution in [3.05, 3.63) is 42.7 Å². The zero-order valence-corrected chi connectivity index (χ0v) is 18.0. The van der Waals surface area contributed by atoms with Gasteiger partial charge >= 0.3 is 0 Å². The van der Waals surface area contributed by atoms with E-state index in [-0.39, 0.29) is 5.91 Å². The predicted octanol–water partition coefficient (Wildman–Crippen LogP) is 2.79. The van der Waals surface area contributed by atoms with Crippen LogP contribution in [-0.4, -0.2) is 76.1 Å². The van der Waals surface area contributed by atoms with Gasteiger partial charge in [0.25, 0.3) is 0 Å². The van der Waals surface area contributed by atoms with Crippen molar-refractivity contribution in [3.63, 3.8) is 0 Å². The summed E-state index contributed by atoms with van der Waals surface area (Å²) in [6, 6.07) is 11.3. The molecule has 0 unspecified atom stereocenters. The quantitative estimate of drug-likeness (QED) is 0.537. The number of aromatic nitrogens is 3. The molecule has 9 heteroatoms. The van der Waals surface area contributed by atoms with Gasteiger partial charge in [0.05, 0.1) is 24.8 Å². The van der Waals surface area contributed by atoms with E-state index in [4.69, 9.17) is 9.15 Å². The Labute approximate surface area is 179 Å². The van der Waals surface area contributed by atoms with Gasteiger partial charge in [-0.2, -0.15) is 0 Å². The molecular formula is C21H25N5O3S. The summed E-state index contributed by atoms with van der Waals surface area (Å²) in [6.07, 6.45) is 1.61. The highest BCUT2D eigenvalue weighted by Gasteiger charge is 2.23. The van der Waals surface area contributed by atoms with Crippen LogP contribution in [0.4, 0.5) is 0 Å². The highest BCUT2D eigenvalue weighted by Crippen LogP contribution is 2.29. The van der Waals surface area contributed by atoms with Gasteiger partial charge in [-0.05, 0) is 42.9 Å². The van der Waals surface area contributed by atoms with Gasteiger partial charge in [-0.25, -0.2) is 0 Å². The number of hydrogen-bond donors (Lipinski definition) is 0. The van der Waals surface area contributed by atoms with Crippen LogP contribution in [0.3, 0.4) is 0 Å². The van der Waals surface area contributed by atoms with E-state index in [9.17, 15) is 4.79 Å². The molecule has 2 aromatic heterocycles. The fourth-order valence-corrected chi connectivity index (χ4v) is 4.28. The third-order valence-corrected chi connectivity index (χ3v) is 6.12. The lowest BCUT2D eigenvalue weighted by molar-refractivity contribution is -0.130. The number of piperazine rings is 1. The van der Waals surface area contributed by atoms with E-state index in [0.29, 0.717) is 22.5 Å². The van der Waals surface area contributed by atoms with Crippen molar-refractivity contribution in [2.75, 3.05) is 45.6 Å². The Morgan fingerprint density at radius 1 is 1.13 bits per heavy atom. The lowest BCUT2D eigenvalue weighted by Gasteiger charge is -2.34. The Bertz CT molecular complexity index is 963. The molecule has 0 bridgehead atoms. The van der Waals surface area contributed by atoms with E-state index in [0.717, 1.165) is 44.2 Å². The van der Waals surface area contributed by atoms with Crippen molar-refractivity contribution in [2.45, 2.75) is 12.1 Å². The van der Waals surface area contributed by atoms with Gasteiger partial charge in [-0.1, -0.05) is 18.7 Å². The molecule has 158 valence electrons. The molecule has 4 rings (SSSR count). The normalized spacial score (nSPS) is 14.8. The Hall–Kier alpha value is -2.78.